The zero-order valence-corrected chi connectivity index (χ0v) is 22.4. The van der Waals surface area contributed by atoms with Crippen molar-refractivity contribution < 1.29 is 26.2 Å². The summed E-state index contributed by atoms with van der Waals surface area (Å²) in [5.41, 5.74) is 3.82. The summed E-state index contributed by atoms with van der Waals surface area (Å²) >= 11 is 0. The molecule has 0 saturated heterocycles. The topological polar surface area (TPSA) is 0 Å². The van der Waals surface area contributed by atoms with E-state index >= 15 is 0 Å². The molecule has 0 nitrogen and oxygen atoms in total. The van der Waals surface area contributed by atoms with Crippen molar-refractivity contribution in [3.05, 3.63) is 47.6 Å². The molecule has 0 spiro atoms. The van der Waals surface area contributed by atoms with Crippen LogP contribution in [0, 0.1) is 45.6 Å². The van der Waals surface area contributed by atoms with E-state index in [1.54, 1.807) is 0 Å². The molecule has 0 aromatic carbocycles. The second-order valence-corrected chi connectivity index (χ2v) is 12.0. The number of allylic oxidation sites excluding steroid dienone is 8. The second kappa shape index (κ2) is 9.11. The molecule has 1 heteroatoms. The molecule has 0 amide bonds. The predicted molar refractivity (Wildman–Crippen MR) is 117 cm³/mol. The van der Waals surface area contributed by atoms with Crippen LogP contribution in [0.5, 0.6) is 0 Å². The average molecular weight is 446 g/mol. The van der Waals surface area contributed by atoms with Crippen molar-refractivity contribution in [2.45, 2.75) is 83.1 Å². The van der Waals surface area contributed by atoms with E-state index in [-0.39, 0.29) is 37.0 Å². The van der Waals surface area contributed by atoms with Gasteiger partial charge in [0.25, 0.3) is 0 Å². The fourth-order valence-corrected chi connectivity index (χ4v) is 2.86. The minimum Gasteiger partial charge on any atom is -0.265 e. The number of hydrogen-bond acceptors (Lipinski definition) is 0. The molecule has 27 heavy (non-hydrogen) atoms. The van der Waals surface area contributed by atoms with Crippen LogP contribution in [0.2, 0.25) is 0 Å². The van der Waals surface area contributed by atoms with Gasteiger partial charge in [0.05, 0.1) is 0 Å². The third-order valence-electron chi connectivity index (χ3n) is 5.01. The molecule has 2 rings (SSSR count). The van der Waals surface area contributed by atoms with Crippen LogP contribution in [0.15, 0.2) is 35.5 Å². The van der Waals surface area contributed by atoms with Gasteiger partial charge in [0, 0.05) is 0 Å². The van der Waals surface area contributed by atoms with E-state index in [0.29, 0.717) is 22.7 Å². The molecule has 0 aromatic heterocycles. The average Bonchev–Trinajstić information content (AvgIpc) is 3.06. The summed E-state index contributed by atoms with van der Waals surface area (Å²) in [5, 5.41) is 0. The Morgan fingerprint density at radius 1 is 0.556 bits per heavy atom. The molecule has 0 heterocycles. The zero-order chi connectivity index (χ0) is 20.6. The van der Waals surface area contributed by atoms with Gasteiger partial charge in [-0.3, -0.25) is 12.2 Å². The summed E-state index contributed by atoms with van der Waals surface area (Å²) in [6.45, 7) is 27.0. The second-order valence-electron chi connectivity index (χ2n) is 12.0. The van der Waals surface area contributed by atoms with Crippen LogP contribution in [0.4, 0.5) is 0 Å². The maximum absolute atomic E-state index is 3.58. The molecule has 0 bridgehead atoms. The Labute approximate surface area is 189 Å². The van der Waals surface area contributed by atoms with Crippen molar-refractivity contribution in [1.29, 1.82) is 0 Å². The first kappa shape index (κ1) is 26.8. The van der Waals surface area contributed by atoms with Crippen molar-refractivity contribution in [1.82, 2.24) is 0 Å². The molecule has 0 aromatic rings. The minimum atomic E-state index is 0. The first-order valence-electron chi connectivity index (χ1n) is 10.1. The molecule has 0 saturated carbocycles. The predicted octanol–water partition coefficient (Wildman–Crippen LogP) is 7.99. The summed E-state index contributed by atoms with van der Waals surface area (Å²) in [6, 6.07) is 0. The number of hydrogen-bond donors (Lipinski definition) is 0. The summed E-state index contributed by atoms with van der Waals surface area (Å²) in [5.74, 6) is 0.975. The summed E-state index contributed by atoms with van der Waals surface area (Å²) in [6.07, 6.45) is 16.2. The van der Waals surface area contributed by atoms with Gasteiger partial charge in [-0.15, -0.1) is 0 Å². The first-order chi connectivity index (χ1) is 11.4. The minimum absolute atomic E-state index is 0. The smallest absolute Gasteiger partial charge is 0.265 e. The third kappa shape index (κ3) is 8.39. The van der Waals surface area contributed by atoms with E-state index in [0.717, 1.165) is 0 Å². The van der Waals surface area contributed by atoms with Gasteiger partial charge in [-0.05, 0) is 21.7 Å². The Morgan fingerprint density at radius 3 is 0.926 bits per heavy atom. The van der Waals surface area contributed by atoms with Crippen molar-refractivity contribution >= 4 is 0 Å². The first-order valence-corrected chi connectivity index (χ1v) is 10.1. The van der Waals surface area contributed by atoms with Crippen molar-refractivity contribution in [3.8, 4) is 0 Å². The molecule has 2 unspecified atom stereocenters. The van der Waals surface area contributed by atoms with Crippen LogP contribution >= 0.6 is 0 Å². The van der Waals surface area contributed by atoms with Crippen molar-refractivity contribution in [3.63, 3.8) is 0 Å². The molecule has 150 valence electrons. The van der Waals surface area contributed by atoms with E-state index in [2.05, 4.69) is 120 Å². The maximum Gasteiger partial charge on any atom is 2.00 e. The summed E-state index contributed by atoms with van der Waals surface area (Å²) < 4.78 is 0. The van der Waals surface area contributed by atoms with Crippen LogP contribution in [0.1, 0.15) is 83.1 Å². The zero-order valence-electron chi connectivity index (χ0n) is 20.0. The molecular weight excluding hydrogens is 404 g/mol. The van der Waals surface area contributed by atoms with Gasteiger partial charge in [0.15, 0.2) is 0 Å². The van der Waals surface area contributed by atoms with Crippen molar-refractivity contribution in [2.75, 3.05) is 0 Å². The van der Waals surface area contributed by atoms with Crippen LogP contribution in [-0.2, 0) is 26.2 Å². The SMILES string of the molecule is CC(C)(C)C1=[C-]C(C(C)(C)C)C=C1.CC(C)(C)C1=[C-]C(C(C)(C)C)C=C1.[Zr+2]. The third-order valence-corrected chi connectivity index (χ3v) is 5.01. The Morgan fingerprint density at radius 2 is 0.815 bits per heavy atom. The van der Waals surface area contributed by atoms with Gasteiger partial charge in [0.2, 0.25) is 0 Å². The molecule has 0 N–H and O–H groups in total. The van der Waals surface area contributed by atoms with Crippen LogP contribution < -0.4 is 0 Å². The van der Waals surface area contributed by atoms with E-state index in [9.17, 15) is 0 Å². The maximum atomic E-state index is 3.58. The van der Waals surface area contributed by atoms with Crippen molar-refractivity contribution in [2.24, 2.45) is 33.5 Å². The molecular formula is C26H42Zr. The monoisotopic (exact) mass is 444 g/mol. The fraction of sp³-hybridized carbons (Fsp3) is 0.692. The van der Waals surface area contributed by atoms with Gasteiger partial charge in [-0.25, -0.2) is 23.3 Å². The van der Waals surface area contributed by atoms with E-state index in [1.807, 2.05) is 0 Å². The molecule has 2 aliphatic carbocycles. The van der Waals surface area contributed by atoms with E-state index < -0.39 is 0 Å². The molecule has 0 radical (unpaired) electrons. The van der Waals surface area contributed by atoms with Gasteiger partial charge in [-0.2, -0.15) is 12.2 Å². The molecule has 2 atom stereocenters. The normalized spacial score (nSPS) is 22.7. The van der Waals surface area contributed by atoms with Crippen LogP contribution in [0.25, 0.3) is 0 Å². The van der Waals surface area contributed by atoms with E-state index in [1.165, 1.54) is 11.1 Å². The van der Waals surface area contributed by atoms with E-state index in [4.69, 9.17) is 0 Å². The quantitative estimate of drug-likeness (QED) is 0.331. The molecule has 0 aliphatic heterocycles. The fourth-order valence-electron chi connectivity index (χ4n) is 2.86. The van der Waals surface area contributed by atoms with Gasteiger partial charge in [0.1, 0.15) is 0 Å². The van der Waals surface area contributed by atoms with Crippen LogP contribution in [-0.4, -0.2) is 0 Å². The molecule has 2 aliphatic rings. The largest absolute Gasteiger partial charge is 2.00 e. The summed E-state index contributed by atoms with van der Waals surface area (Å²) in [7, 11) is 0. The molecule has 0 fully saturated rings. The summed E-state index contributed by atoms with van der Waals surface area (Å²) in [4.78, 5) is 0. The Hall–Kier alpha value is -0.157. The van der Waals surface area contributed by atoms with Gasteiger partial charge in [-0.1, -0.05) is 94.9 Å². The van der Waals surface area contributed by atoms with Gasteiger partial charge >= 0.3 is 26.2 Å². The van der Waals surface area contributed by atoms with Gasteiger partial charge < -0.3 is 0 Å². The Bertz CT molecular complexity index is 543. The Balaban J connectivity index is 0.000000483. The standard InChI is InChI=1S/2C13H21.Zr/c2*1-12(2,3)10-7-8-11(9-10)13(4,5)6;/h2*7-8,10H,1-6H3;/q2*-1;+2. The Kier molecular flexibility index (Phi) is 9.06. The van der Waals surface area contributed by atoms with Crippen LogP contribution in [0.3, 0.4) is 0 Å². The number of rotatable bonds is 0.